The summed E-state index contributed by atoms with van der Waals surface area (Å²) in [7, 11) is 6.31. The molecule has 0 saturated carbocycles. The second-order valence-corrected chi connectivity index (χ2v) is 5.58. The van der Waals surface area contributed by atoms with Crippen LogP contribution < -0.4 is 10.2 Å². The predicted octanol–water partition coefficient (Wildman–Crippen LogP) is 2.53. The molecule has 1 unspecified atom stereocenters. The maximum Gasteiger partial charge on any atom is 0.0574 e. The minimum atomic E-state index is 0.371. The lowest BCUT2D eigenvalue weighted by atomic mass is 10.1. The average Bonchev–Trinajstić information content (AvgIpc) is 2.46. The molecule has 0 aromatic carbocycles. The van der Waals surface area contributed by atoms with E-state index < -0.39 is 0 Å². The maximum absolute atomic E-state index is 4.63. The molecule has 1 heterocycles. The molecular weight excluding hydrogens is 248 g/mol. The smallest absolute Gasteiger partial charge is 0.0574 e. The molecule has 1 N–H and O–H groups in total. The normalized spacial score (nSPS) is 12.7. The van der Waals surface area contributed by atoms with Crippen molar-refractivity contribution in [2.24, 2.45) is 0 Å². The van der Waals surface area contributed by atoms with E-state index in [9.17, 15) is 0 Å². The number of aromatic nitrogens is 1. The van der Waals surface area contributed by atoms with Gasteiger partial charge in [0.1, 0.15) is 0 Å². The lowest BCUT2D eigenvalue weighted by molar-refractivity contribution is 0.416. The predicted molar refractivity (Wildman–Crippen MR) is 87.4 cm³/mol. The Morgan fingerprint density at radius 3 is 2.40 bits per heavy atom. The van der Waals surface area contributed by atoms with Gasteiger partial charge in [-0.15, -0.1) is 0 Å². The number of rotatable bonds is 9. The summed E-state index contributed by atoms with van der Waals surface area (Å²) in [6.07, 6.45) is 4.21. The summed E-state index contributed by atoms with van der Waals surface area (Å²) in [5.41, 5.74) is 2.33. The Balaban J connectivity index is 2.62. The highest BCUT2D eigenvalue weighted by atomic mass is 15.2. The monoisotopic (exact) mass is 278 g/mol. The van der Waals surface area contributed by atoms with E-state index in [1.54, 1.807) is 0 Å². The van der Waals surface area contributed by atoms with Crippen LogP contribution in [0.4, 0.5) is 5.69 Å². The van der Waals surface area contributed by atoms with Crippen LogP contribution in [-0.2, 0) is 0 Å². The Bertz CT molecular complexity index is 361. The number of anilines is 1. The zero-order chi connectivity index (χ0) is 15.0. The van der Waals surface area contributed by atoms with Gasteiger partial charge in [0.2, 0.25) is 0 Å². The second-order valence-electron chi connectivity index (χ2n) is 5.58. The minimum Gasteiger partial charge on any atom is -0.372 e. The quantitative estimate of drug-likeness (QED) is 0.752. The second kappa shape index (κ2) is 8.93. The molecular formula is C16H30N4. The minimum absolute atomic E-state index is 0.371. The number of pyridine rings is 1. The van der Waals surface area contributed by atoms with Gasteiger partial charge in [0, 0.05) is 26.2 Å². The number of hydrogen-bond acceptors (Lipinski definition) is 4. The van der Waals surface area contributed by atoms with Crippen LogP contribution in [0.25, 0.3) is 0 Å². The van der Waals surface area contributed by atoms with Crippen LogP contribution >= 0.6 is 0 Å². The summed E-state index contributed by atoms with van der Waals surface area (Å²) in [5, 5.41) is 3.54. The van der Waals surface area contributed by atoms with E-state index in [0.29, 0.717) is 6.04 Å². The molecule has 1 rings (SSSR count). The van der Waals surface area contributed by atoms with E-state index in [0.717, 1.165) is 38.2 Å². The van der Waals surface area contributed by atoms with Crippen molar-refractivity contribution in [2.75, 3.05) is 45.7 Å². The summed E-state index contributed by atoms with van der Waals surface area (Å²) in [5.74, 6) is 0. The molecule has 0 spiro atoms. The molecule has 4 nitrogen and oxygen atoms in total. The van der Waals surface area contributed by atoms with Crippen molar-refractivity contribution in [1.29, 1.82) is 0 Å². The van der Waals surface area contributed by atoms with Crippen LogP contribution in [-0.4, -0.2) is 50.7 Å². The largest absolute Gasteiger partial charge is 0.372 e. The van der Waals surface area contributed by atoms with E-state index in [4.69, 9.17) is 0 Å². The number of likely N-dealkylation sites (N-methyl/N-ethyl adjacent to an activating group) is 2. The maximum atomic E-state index is 4.63. The zero-order valence-electron chi connectivity index (χ0n) is 13.7. The summed E-state index contributed by atoms with van der Waals surface area (Å²) in [6, 6.07) is 4.70. The molecule has 20 heavy (non-hydrogen) atoms. The zero-order valence-corrected chi connectivity index (χ0v) is 13.7. The lowest BCUT2D eigenvalue weighted by Gasteiger charge is -2.22. The molecule has 1 atom stereocenters. The summed E-state index contributed by atoms with van der Waals surface area (Å²) in [4.78, 5) is 9.07. The molecule has 0 saturated heterocycles. The SMILES string of the molecule is CCCNC(CC)c1ccc(N(C)CCN(C)C)cn1. The Hall–Kier alpha value is -1.13. The molecule has 0 aliphatic carbocycles. The topological polar surface area (TPSA) is 31.4 Å². The van der Waals surface area contributed by atoms with Crippen LogP contribution in [0, 0.1) is 0 Å². The molecule has 0 bridgehead atoms. The molecule has 0 aliphatic heterocycles. The summed E-state index contributed by atoms with van der Waals surface area (Å²) >= 11 is 0. The first-order valence-corrected chi connectivity index (χ1v) is 7.63. The van der Waals surface area contributed by atoms with Crippen LogP contribution in [0.1, 0.15) is 38.4 Å². The third kappa shape index (κ3) is 5.47. The van der Waals surface area contributed by atoms with Crippen molar-refractivity contribution in [1.82, 2.24) is 15.2 Å². The van der Waals surface area contributed by atoms with Crippen molar-refractivity contribution >= 4 is 5.69 Å². The lowest BCUT2D eigenvalue weighted by Crippen LogP contribution is -2.28. The van der Waals surface area contributed by atoms with Gasteiger partial charge in [-0.2, -0.15) is 0 Å². The van der Waals surface area contributed by atoms with Crippen molar-refractivity contribution in [3.05, 3.63) is 24.0 Å². The first-order chi connectivity index (χ1) is 9.58. The Labute approximate surface area is 124 Å². The van der Waals surface area contributed by atoms with Gasteiger partial charge in [0.25, 0.3) is 0 Å². The fourth-order valence-corrected chi connectivity index (χ4v) is 2.09. The molecule has 4 heteroatoms. The number of hydrogen-bond donors (Lipinski definition) is 1. The highest BCUT2D eigenvalue weighted by molar-refractivity contribution is 5.43. The standard InChI is InChI=1S/C16H30N4/c1-6-10-17-15(7-2)16-9-8-14(13-18-16)20(5)12-11-19(3)4/h8-9,13,15,17H,6-7,10-12H2,1-5H3. The van der Waals surface area contributed by atoms with Crippen LogP contribution in [0.3, 0.4) is 0 Å². The van der Waals surface area contributed by atoms with Crippen LogP contribution in [0.2, 0.25) is 0 Å². The Morgan fingerprint density at radius 2 is 1.90 bits per heavy atom. The van der Waals surface area contributed by atoms with Crippen LogP contribution in [0.5, 0.6) is 0 Å². The van der Waals surface area contributed by atoms with Crippen molar-refractivity contribution in [2.45, 2.75) is 32.7 Å². The van der Waals surface area contributed by atoms with Gasteiger partial charge in [0.05, 0.1) is 17.6 Å². The van der Waals surface area contributed by atoms with Gasteiger partial charge in [-0.3, -0.25) is 4.98 Å². The van der Waals surface area contributed by atoms with E-state index in [1.165, 1.54) is 5.69 Å². The van der Waals surface area contributed by atoms with Crippen molar-refractivity contribution in [3.8, 4) is 0 Å². The van der Waals surface area contributed by atoms with Crippen molar-refractivity contribution < 1.29 is 0 Å². The molecule has 1 aromatic heterocycles. The fourth-order valence-electron chi connectivity index (χ4n) is 2.09. The average molecular weight is 278 g/mol. The highest BCUT2D eigenvalue weighted by Gasteiger charge is 2.10. The third-order valence-corrected chi connectivity index (χ3v) is 3.50. The molecule has 0 fully saturated rings. The van der Waals surface area contributed by atoms with Gasteiger partial charge >= 0.3 is 0 Å². The molecule has 1 aromatic rings. The van der Waals surface area contributed by atoms with E-state index >= 15 is 0 Å². The van der Waals surface area contributed by atoms with E-state index in [1.807, 2.05) is 6.20 Å². The molecule has 0 radical (unpaired) electrons. The molecule has 0 amide bonds. The van der Waals surface area contributed by atoms with E-state index in [-0.39, 0.29) is 0 Å². The third-order valence-electron chi connectivity index (χ3n) is 3.50. The fraction of sp³-hybridized carbons (Fsp3) is 0.688. The summed E-state index contributed by atoms with van der Waals surface area (Å²) in [6.45, 7) is 7.50. The number of nitrogens with one attached hydrogen (secondary N) is 1. The van der Waals surface area contributed by atoms with Gasteiger partial charge in [-0.25, -0.2) is 0 Å². The Kier molecular flexibility index (Phi) is 7.55. The van der Waals surface area contributed by atoms with Gasteiger partial charge in [-0.05, 0) is 45.6 Å². The highest BCUT2D eigenvalue weighted by Crippen LogP contribution is 2.17. The van der Waals surface area contributed by atoms with Gasteiger partial charge < -0.3 is 15.1 Å². The van der Waals surface area contributed by atoms with Gasteiger partial charge in [-0.1, -0.05) is 13.8 Å². The Morgan fingerprint density at radius 1 is 1.15 bits per heavy atom. The first kappa shape index (κ1) is 16.9. The number of nitrogens with zero attached hydrogens (tertiary/aromatic N) is 3. The van der Waals surface area contributed by atoms with Crippen molar-refractivity contribution in [3.63, 3.8) is 0 Å². The first-order valence-electron chi connectivity index (χ1n) is 7.63. The van der Waals surface area contributed by atoms with Gasteiger partial charge in [0.15, 0.2) is 0 Å². The molecule has 0 aliphatic rings. The van der Waals surface area contributed by atoms with E-state index in [2.05, 4.69) is 67.2 Å². The summed E-state index contributed by atoms with van der Waals surface area (Å²) < 4.78 is 0. The molecule has 114 valence electrons. The van der Waals surface area contributed by atoms with Crippen LogP contribution in [0.15, 0.2) is 18.3 Å².